The average Bonchev–Trinajstić information content (AvgIpc) is 2.49. The lowest BCUT2D eigenvalue weighted by Crippen LogP contribution is -2.37. The molecule has 0 saturated carbocycles. The van der Waals surface area contributed by atoms with Gasteiger partial charge in [-0.1, -0.05) is 60.2 Å². The molecule has 0 N–H and O–H groups in total. The fourth-order valence-electron chi connectivity index (χ4n) is 2.46. The van der Waals surface area contributed by atoms with Crippen molar-refractivity contribution in [2.24, 2.45) is 0 Å². The molecule has 3 nitrogen and oxygen atoms in total. The third kappa shape index (κ3) is 4.59. The molecule has 3 heteroatoms. The van der Waals surface area contributed by atoms with Gasteiger partial charge in [-0.3, -0.25) is 0 Å². The van der Waals surface area contributed by atoms with Crippen molar-refractivity contribution < 1.29 is 9.53 Å². The topological polar surface area (TPSA) is 29.5 Å². The Labute approximate surface area is 138 Å². The molecule has 0 aliphatic rings. The summed E-state index contributed by atoms with van der Waals surface area (Å²) in [6.45, 7) is 7.69. The number of hydrogen-bond donors (Lipinski definition) is 0. The Balaban J connectivity index is 2.38. The van der Waals surface area contributed by atoms with Gasteiger partial charge in [-0.15, -0.1) is 0 Å². The van der Waals surface area contributed by atoms with E-state index in [1.54, 1.807) is 11.9 Å². The van der Waals surface area contributed by atoms with Crippen LogP contribution in [0.2, 0.25) is 0 Å². The molecule has 1 amide bonds. The molecule has 0 saturated heterocycles. The summed E-state index contributed by atoms with van der Waals surface area (Å²) in [5.74, 6) is 0. The van der Waals surface area contributed by atoms with Gasteiger partial charge in [0.1, 0.15) is 5.60 Å². The molecule has 0 aromatic heterocycles. The van der Waals surface area contributed by atoms with E-state index in [2.05, 4.69) is 31.2 Å². The van der Waals surface area contributed by atoms with Gasteiger partial charge in [0, 0.05) is 7.05 Å². The third-order valence-corrected chi connectivity index (χ3v) is 3.58. The van der Waals surface area contributed by atoms with Gasteiger partial charge < -0.3 is 9.64 Å². The maximum atomic E-state index is 12.5. The van der Waals surface area contributed by atoms with E-state index >= 15 is 0 Å². The molecule has 23 heavy (non-hydrogen) atoms. The predicted octanol–water partition coefficient (Wildman–Crippen LogP) is 4.95. The van der Waals surface area contributed by atoms with Crippen molar-refractivity contribution >= 4 is 6.09 Å². The van der Waals surface area contributed by atoms with Crippen LogP contribution in [0.1, 0.15) is 43.5 Å². The molecule has 122 valence electrons. The SMILES string of the molecule is Cc1ccc(C(c2ccccc2)N(C)C(=O)OC(C)(C)C)cc1. The first-order valence-electron chi connectivity index (χ1n) is 7.85. The Hall–Kier alpha value is -2.29. The van der Waals surface area contributed by atoms with Crippen LogP contribution in [-0.2, 0) is 4.74 Å². The Bertz CT molecular complexity index is 642. The van der Waals surface area contributed by atoms with Crippen molar-refractivity contribution in [1.29, 1.82) is 0 Å². The van der Waals surface area contributed by atoms with Gasteiger partial charge in [-0.05, 0) is 38.8 Å². The number of carbonyl (C=O) groups is 1. The summed E-state index contributed by atoms with van der Waals surface area (Å²) < 4.78 is 5.53. The number of nitrogens with zero attached hydrogens (tertiary/aromatic N) is 1. The number of benzene rings is 2. The Kier molecular flexibility index (Phi) is 5.09. The Morgan fingerprint density at radius 2 is 1.48 bits per heavy atom. The van der Waals surface area contributed by atoms with Crippen molar-refractivity contribution in [3.63, 3.8) is 0 Å². The molecule has 0 fully saturated rings. The van der Waals surface area contributed by atoms with Crippen LogP contribution < -0.4 is 0 Å². The van der Waals surface area contributed by atoms with Crippen molar-refractivity contribution in [3.05, 3.63) is 71.3 Å². The smallest absolute Gasteiger partial charge is 0.410 e. The minimum Gasteiger partial charge on any atom is -0.444 e. The number of rotatable bonds is 3. The predicted molar refractivity (Wildman–Crippen MR) is 93.5 cm³/mol. The maximum Gasteiger partial charge on any atom is 0.410 e. The summed E-state index contributed by atoms with van der Waals surface area (Å²) in [4.78, 5) is 14.2. The van der Waals surface area contributed by atoms with E-state index in [0.717, 1.165) is 11.1 Å². The highest BCUT2D eigenvalue weighted by Crippen LogP contribution is 2.29. The van der Waals surface area contributed by atoms with Crippen LogP contribution in [0.25, 0.3) is 0 Å². The molecule has 0 spiro atoms. The molecule has 2 aromatic carbocycles. The third-order valence-electron chi connectivity index (χ3n) is 3.58. The molecule has 0 aliphatic carbocycles. The minimum absolute atomic E-state index is 0.174. The largest absolute Gasteiger partial charge is 0.444 e. The number of hydrogen-bond acceptors (Lipinski definition) is 2. The van der Waals surface area contributed by atoms with Crippen LogP contribution in [0.15, 0.2) is 54.6 Å². The summed E-state index contributed by atoms with van der Waals surface area (Å²) in [6.07, 6.45) is -0.327. The fourth-order valence-corrected chi connectivity index (χ4v) is 2.46. The Morgan fingerprint density at radius 1 is 0.957 bits per heavy atom. The summed E-state index contributed by atoms with van der Waals surface area (Å²) in [5, 5.41) is 0. The van der Waals surface area contributed by atoms with Crippen LogP contribution >= 0.6 is 0 Å². The Morgan fingerprint density at radius 3 is 2.00 bits per heavy atom. The first-order valence-corrected chi connectivity index (χ1v) is 7.85. The van der Waals surface area contributed by atoms with Crippen molar-refractivity contribution in [3.8, 4) is 0 Å². The highest BCUT2D eigenvalue weighted by atomic mass is 16.6. The molecule has 0 radical (unpaired) electrons. The van der Waals surface area contributed by atoms with Gasteiger partial charge in [-0.2, -0.15) is 0 Å². The van der Waals surface area contributed by atoms with Crippen molar-refractivity contribution in [2.45, 2.75) is 39.3 Å². The quantitative estimate of drug-likeness (QED) is 0.802. The molecule has 0 aliphatic heterocycles. The molecule has 1 unspecified atom stereocenters. The molecule has 0 bridgehead atoms. The molecule has 0 heterocycles. The molecular weight excluding hydrogens is 286 g/mol. The number of ether oxygens (including phenoxy) is 1. The zero-order valence-electron chi connectivity index (χ0n) is 14.5. The van der Waals surface area contributed by atoms with Crippen LogP contribution in [0.4, 0.5) is 4.79 Å². The fraction of sp³-hybridized carbons (Fsp3) is 0.350. The van der Waals surface area contributed by atoms with Gasteiger partial charge in [-0.25, -0.2) is 4.79 Å². The number of amides is 1. The highest BCUT2D eigenvalue weighted by molar-refractivity contribution is 5.69. The van der Waals surface area contributed by atoms with E-state index in [-0.39, 0.29) is 12.1 Å². The second kappa shape index (κ2) is 6.86. The lowest BCUT2D eigenvalue weighted by atomic mass is 9.97. The highest BCUT2D eigenvalue weighted by Gasteiger charge is 2.27. The summed E-state index contributed by atoms with van der Waals surface area (Å²) >= 11 is 0. The monoisotopic (exact) mass is 311 g/mol. The summed E-state index contributed by atoms with van der Waals surface area (Å²) in [6, 6.07) is 18.1. The van der Waals surface area contributed by atoms with E-state index in [4.69, 9.17) is 4.74 Å². The second-order valence-electron chi connectivity index (χ2n) is 6.82. The first-order chi connectivity index (χ1) is 10.8. The lowest BCUT2D eigenvalue weighted by molar-refractivity contribution is 0.0248. The van der Waals surface area contributed by atoms with E-state index in [1.807, 2.05) is 51.1 Å². The van der Waals surface area contributed by atoms with Crippen molar-refractivity contribution in [1.82, 2.24) is 4.90 Å². The average molecular weight is 311 g/mol. The van der Waals surface area contributed by atoms with Crippen molar-refractivity contribution in [2.75, 3.05) is 7.05 Å². The number of aryl methyl sites for hydroxylation is 1. The van der Waals surface area contributed by atoms with Gasteiger partial charge in [0.25, 0.3) is 0 Å². The van der Waals surface area contributed by atoms with Crippen LogP contribution in [0.5, 0.6) is 0 Å². The van der Waals surface area contributed by atoms with Gasteiger partial charge in [0.2, 0.25) is 0 Å². The van der Waals surface area contributed by atoms with Gasteiger partial charge >= 0.3 is 6.09 Å². The van der Waals surface area contributed by atoms with Crippen LogP contribution in [-0.4, -0.2) is 23.6 Å². The van der Waals surface area contributed by atoms with E-state index in [0.29, 0.717) is 0 Å². The first kappa shape index (κ1) is 17.1. The standard InChI is InChI=1S/C20H25NO2/c1-15-11-13-17(14-12-15)18(16-9-7-6-8-10-16)21(5)19(22)23-20(2,3)4/h6-14,18H,1-5H3. The minimum atomic E-state index is -0.514. The molecule has 2 aromatic rings. The molecular formula is C20H25NO2. The van der Waals surface area contributed by atoms with E-state index in [1.165, 1.54) is 5.56 Å². The van der Waals surface area contributed by atoms with E-state index in [9.17, 15) is 4.79 Å². The molecule has 1 atom stereocenters. The number of carbonyl (C=O) groups excluding carboxylic acids is 1. The maximum absolute atomic E-state index is 12.5. The lowest BCUT2D eigenvalue weighted by Gasteiger charge is -2.31. The van der Waals surface area contributed by atoms with Gasteiger partial charge in [0.05, 0.1) is 6.04 Å². The summed E-state index contributed by atoms with van der Waals surface area (Å²) in [7, 11) is 1.78. The van der Waals surface area contributed by atoms with Crippen LogP contribution in [0, 0.1) is 6.92 Å². The normalized spacial score (nSPS) is 12.6. The molecule has 2 rings (SSSR count). The zero-order chi connectivity index (χ0) is 17.0. The second-order valence-corrected chi connectivity index (χ2v) is 6.82. The zero-order valence-corrected chi connectivity index (χ0v) is 14.5. The van der Waals surface area contributed by atoms with E-state index < -0.39 is 5.60 Å². The van der Waals surface area contributed by atoms with Crippen LogP contribution in [0.3, 0.4) is 0 Å². The summed E-state index contributed by atoms with van der Waals surface area (Å²) in [5.41, 5.74) is 2.81. The van der Waals surface area contributed by atoms with Gasteiger partial charge in [0.15, 0.2) is 0 Å².